The molecule has 3 heteroatoms. The quantitative estimate of drug-likeness (QED) is 0.772. The smallest absolute Gasteiger partial charge is 0.0701 e. The van der Waals surface area contributed by atoms with E-state index < -0.39 is 0 Å². The molecule has 1 atom stereocenters. The van der Waals surface area contributed by atoms with E-state index in [1.54, 1.807) is 0 Å². The van der Waals surface area contributed by atoms with Gasteiger partial charge >= 0.3 is 0 Å². The number of aryl methyl sites for hydroxylation is 1. The van der Waals surface area contributed by atoms with E-state index in [9.17, 15) is 0 Å². The normalized spacial score (nSPS) is 12.6. The molecule has 2 aromatic rings. The largest absolute Gasteiger partial charge is 0.310 e. The first-order valence-electron chi connectivity index (χ1n) is 6.74. The fraction of sp³-hybridized carbons (Fsp3) is 0.375. The third-order valence-electron chi connectivity index (χ3n) is 3.24. The molecule has 1 N–H and O–H groups in total. The van der Waals surface area contributed by atoms with Crippen LogP contribution in [0.4, 0.5) is 0 Å². The second-order valence-electron chi connectivity index (χ2n) is 4.77. The molecule has 0 aliphatic carbocycles. The van der Waals surface area contributed by atoms with E-state index in [1.165, 1.54) is 19.8 Å². The van der Waals surface area contributed by atoms with Gasteiger partial charge in [0.05, 0.1) is 3.79 Å². The molecule has 102 valence electrons. The molecule has 0 saturated heterocycles. The van der Waals surface area contributed by atoms with Crippen molar-refractivity contribution >= 4 is 27.3 Å². The van der Waals surface area contributed by atoms with Gasteiger partial charge in [0, 0.05) is 17.3 Å². The van der Waals surface area contributed by atoms with Crippen molar-refractivity contribution in [1.29, 1.82) is 0 Å². The number of nitrogens with one attached hydrogen (secondary N) is 1. The van der Waals surface area contributed by atoms with E-state index in [1.807, 2.05) is 11.3 Å². The predicted octanol–water partition coefficient (Wildman–Crippen LogP) is 5.10. The standard InChI is InChI=1S/C16H20BrNS/c1-3-10-18-15(11-13-8-9-16(17)19-13)14-7-5-4-6-12(14)2/h4-9,15,18H,3,10-11H2,1-2H3. The molecule has 1 aromatic heterocycles. The molecule has 1 nitrogen and oxygen atoms in total. The maximum Gasteiger partial charge on any atom is 0.0701 e. The lowest BCUT2D eigenvalue weighted by Crippen LogP contribution is -2.24. The van der Waals surface area contributed by atoms with Crippen molar-refractivity contribution in [3.05, 3.63) is 56.2 Å². The summed E-state index contributed by atoms with van der Waals surface area (Å²) in [5, 5.41) is 3.68. The number of thiophene rings is 1. The maximum absolute atomic E-state index is 3.68. The summed E-state index contributed by atoms with van der Waals surface area (Å²) < 4.78 is 1.21. The summed E-state index contributed by atoms with van der Waals surface area (Å²) >= 11 is 5.37. The van der Waals surface area contributed by atoms with E-state index >= 15 is 0 Å². The molecule has 0 aliphatic rings. The second kappa shape index (κ2) is 7.22. The van der Waals surface area contributed by atoms with Crippen LogP contribution in [0.25, 0.3) is 0 Å². The minimum atomic E-state index is 0.409. The van der Waals surface area contributed by atoms with Crippen molar-refractivity contribution in [1.82, 2.24) is 5.32 Å². The first kappa shape index (κ1) is 14.8. The Labute approximate surface area is 128 Å². The number of rotatable bonds is 6. The van der Waals surface area contributed by atoms with E-state index in [4.69, 9.17) is 0 Å². The molecule has 0 amide bonds. The monoisotopic (exact) mass is 337 g/mol. The van der Waals surface area contributed by atoms with Crippen LogP contribution in [0.1, 0.15) is 35.4 Å². The van der Waals surface area contributed by atoms with Gasteiger partial charge in [-0.25, -0.2) is 0 Å². The van der Waals surface area contributed by atoms with Crippen LogP contribution in [0.3, 0.4) is 0 Å². The van der Waals surface area contributed by atoms with Gasteiger partial charge in [0.15, 0.2) is 0 Å². The molecular weight excluding hydrogens is 318 g/mol. The Morgan fingerprint density at radius 2 is 2.00 bits per heavy atom. The Morgan fingerprint density at radius 3 is 2.63 bits per heavy atom. The molecule has 0 fully saturated rings. The summed E-state index contributed by atoms with van der Waals surface area (Å²) in [6.45, 7) is 5.47. The highest BCUT2D eigenvalue weighted by atomic mass is 79.9. The third kappa shape index (κ3) is 4.16. The van der Waals surface area contributed by atoms with Crippen LogP contribution in [0.15, 0.2) is 40.2 Å². The SMILES string of the molecule is CCCNC(Cc1ccc(Br)s1)c1ccccc1C. The molecule has 1 unspecified atom stereocenters. The van der Waals surface area contributed by atoms with E-state index in [0.717, 1.165) is 19.4 Å². The lowest BCUT2D eigenvalue weighted by atomic mass is 9.98. The van der Waals surface area contributed by atoms with Crippen molar-refractivity contribution < 1.29 is 0 Å². The number of hydrogen-bond acceptors (Lipinski definition) is 2. The van der Waals surface area contributed by atoms with Gasteiger partial charge in [-0.15, -0.1) is 11.3 Å². The molecular formula is C16H20BrNS. The molecule has 2 rings (SSSR count). The molecule has 19 heavy (non-hydrogen) atoms. The molecule has 1 aromatic carbocycles. The highest BCUT2D eigenvalue weighted by Crippen LogP contribution is 2.28. The van der Waals surface area contributed by atoms with Crippen LogP contribution < -0.4 is 5.32 Å². The van der Waals surface area contributed by atoms with E-state index in [-0.39, 0.29) is 0 Å². The first-order valence-corrected chi connectivity index (χ1v) is 8.34. The summed E-state index contributed by atoms with van der Waals surface area (Å²) in [6.07, 6.45) is 2.22. The Hall–Kier alpha value is -0.640. The zero-order valence-corrected chi connectivity index (χ0v) is 13.9. The molecule has 0 bridgehead atoms. The minimum absolute atomic E-state index is 0.409. The van der Waals surface area contributed by atoms with Crippen molar-refractivity contribution in [2.75, 3.05) is 6.54 Å². The van der Waals surface area contributed by atoms with Crippen LogP contribution in [-0.2, 0) is 6.42 Å². The van der Waals surface area contributed by atoms with Crippen LogP contribution in [0.2, 0.25) is 0 Å². The zero-order valence-electron chi connectivity index (χ0n) is 11.4. The molecule has 0 aliphatic heterocycles. The van der Waals surface area contributed by atoms with Gasteiger partial charge in [-0.3, -0.25) is 0 Å². The van der Waals surface area contributed by atoms with Gasteiger partial charge in [-0.1, -0.05) is 31.2 Å². The summed E-state index contributed by atoms with van der Waals surface area (Å²) in [5.41, 5.74) is 2.78. The molecule has 1 heterocycles. The van der Waals surface area contributed by atoms with Gasteiger partial charge in [0.1, 0.15) is 0 Å². The summed E-state index contributed by atoms with van der Waals surface area (Å²) in [4.78, 5) is 1.42. The third-order valence-corrected chi connectivity index (χ3v) is 4.88. The summed E-state index contributed by atoms with van der Waals surface area (Å²) in [7, 11) is 0. The second-order valence-corrected chi connectivity index (χ2v) is 7.32. The fourth-order valence-electron chi connectivity index (χ4n) is 2.25. The van der Waals surface area contributed by atoms with Gasteiger partial charge in [-0.2, -0.15) is 0 Å². The first-order chi connectivity index (χ1) is 9.20. The van der Waals surface area contributed by atoms with Crippen molar-refractivity contribution in [2.24, 2.45) is 0 Å². The van der Waals surface area contributed by atoms with Crippen LogP contribution in [0.5, 0.6) is 0 Å². The van der Waals surface area contributed by atoms with Crippen molar-refractivity contribution in [3.8, 4) is 0 Å². The average molecular weight is 338 g/mol. The number of halogens is 1. The predicted molar refractivity (Wildman–Crippen MR) is 87.9 cm³/mol. The van der Waals surface area contributed by atoms with Crippen LogP contribution >= 0.6 is 27.3 Å². The van der Waals surface area contributed by atoms with E-state index in [2.05, 4.69) is 71.5 Å². The molecule has 0 saturated carbocycles. The molecule has 0 spiro atoms. The highest BCUT2D eigenvalue weighted by molar-refractivity contribution is 9.11. The minimum Gasteiger partial charge on any atom is -0.310 e. The van der Waals surface area contributed by atoms with Gasteiger partial charge in [0.25, 0.3) is 0 Å². The van der Waals surface area contributed by atoms with Gasteiger partial charge in [0.2, 0.25) is 0 Å². The maximum atomic E-state index is 3.68. The highest BCUT2D eigenvalue weighted by Gasteiger charge is 2.14. The summed E-state index contributed by atoms with van der Waals surface area (Å²) in [5.74, 6) is 0. The number of benzene rings is 1. The number of hydrogen-bond donors (Lipinski definition) is 1. The average Bonchev–Trinajstić information content (AvgIpc) is 2.81. The Bertz CT molecular complexity index is 521. The lowest BCUT2D eigenvalue weighted by Gasteiger charge is -2.20. The Morgan fingerprint density at radius 1 is 1.21 bits per heavy atom. The zero-order chi connectivity index (χ0) is 13.7. The Balaban J connectivity index is 2.18. The summed E-state index contributed by atoms with van der Waals surface area (Å²) in [6, 6.07) is 13.4. The van der Waals surface area contributed by atoms with Crippen molar-refractivity contribution in [3.63, 3.8) is 0 Å². The van der Waals surface area contributed by atoms with Gasteiger partial charge < -0.3 is 5.32 Å². The lowest BCUT2D eigenvalue weighted by molar-refractivity contribution is 0.530. The van der Waals surface area contributed by atoms with E-state index in [0.29, 0.717) is 6.04 Å². The van der Waals surface area contributed by atoms with Gasteiger partial charge in [-0.05, 0) is 59.1 Å². The fourth-order valence-corrected chi connectivity index (χ4v) is 3.78. The Kier molecular flexibility index (Phi) is 5.61. The van der Waals surface area contributed by atoms with Crippen LogP contribution in [0, 0.1) is 6.92 Å². The molecule has 0 radical (unpaired) electrons. The topological polar surface area (TPSA) is 12.0 Å². The van der Waals surface area contributed by atoms with Crippen LogP contribution in [-0.4, -0.2) is 6.54 Å². The van der Waals surface area contributed by atoms with Crippen molar-refractivity contribution in [2.45, 2.75) is 32.7 Å².